The first kappa shape index (κ1) is 12.7. The van der Waals surface area contributed by atoms with Crippen LogP contribution in [0, 0.1) is 11.3 Å². The highest BCUT2D eigenvalue weighted by Gasteiger charge is 2.11. The van der Waals surface area contributed by atoms with Crippen LogP contribution in [0.5, 0.6) is 0 Å². The number of nitrogens with zero attached hydrogens (tertiary/aromatic N) is 2. The Morgan fingerprint density at radius 1 is 1.69 bits per heavy atom. The molecule has 1 rings (SSSR count). The lowest BCUT2D eigenvalue weighted by atomic mass is 10.2. The van der Waals surface area contributed by atoms with Crippen LogP contribution in [0.15, 0.2) is 5.38 Å². The minimum atomic E-state index is -0.392. The Kier molecular flexibility index (Phi) is 4.93. The van der Waals surface area contributed by atoms with Gasteiger partial charge in [-0.3, -0.25) is 4.79 Å². The Labute approximate surface area is 99.3 Å². The molecule has 16 heavy (non-hydrogen) atoms. The molecule has 1 aromatic rings. The fourth-order valence-electron chi connectivity index (χ4n) is 1.23. The normalized spacial score (nSPS) is 11.8. The highest BCUT2D eigenvalue weighted by molar-refractivity contribution is 7.09. The third-order valence-corrected chi connectivity index (χ3v) is 3.18. The Bertz CT molecular complexity index is 394. The molecular formula is C11H15N3OS. The molecule has 1 atom stereocenters. The van der Waals surface area contributed by atoms with E-state index in [1.807, 2.05) is 25.3 Å². The van der Waals surface area contributed by atoms with Crippen LogP contribution >= 0.6 is 11.3 Å². The fourth-order valence-corrected chi connectivity index (χ4v) is 1.97. The van der Waals surface area contributed by atoms with Gasteiger partial charge in [-0.05, 0) is 12.8 Å². The van der Waals surface area contributed by atoms with Crippen LogP contribution in [0.25, 0.3) is 0 Å². The topological polar surface area (TPSA) is 65.8 Å². The van der Waals surface area contributed by atoms with E-state index in [1.54, 1.807) is 11.3 Å². The smallest absolute Gasteiger partial charge is 0.227 e. The second-order valence-electron chi connectivity index (χ2n) is 3.42. The van der Waals surface area contributed by atoms with Crippen molar-refractivity contribution in [1.29, 1.82) is 5.26 Å². The van der Waals surface area contributed by atoms with Crippen LogP contribution in [-0.2, 0) is 17.6 Å². The van der Waals surface area contributed by atoms with Crippen molar-refractivity contribution >= 4 is 17.2 Å². The molecular weight excluding hydrogens is 222 g/mol. The Hall–Kier alpha value is -1.41. The lowest BCUT2D eigenvalue weighted by Gasteiger charge is -2.07. The first-order chi connectivity index (χ1) is 7.69. The van der Waals surface area contributed by atoms with Crippen LogP contribution in [0.2, 0.25) is 0 Å². The molecule has 0 saturated heterocycles. The van der Waals surface area contributed by atoms with Gasteiger partial charge in [0.25, 0.3) is 0 Å². The highest BCUT2D eigenvalue weighted by atomic mass is 32.1. The predicted molar refractivity (Wildman–Crippen MR) is 63.0 cm³/mol. The van der Waals surface area contributed by atoms with Crippen LogP contribution in [0.1, 0.15) is 31.0 Å². The summed E-state index contributed by atoms with van der Waals surface area (Å²) < 4.78 is 0. The predicted octanol–water partition coefficient (Wildman–Crippen LogP) is 1.67. The van der Waals surface area contributed by atoms with Gasteiger partial charge in [0, 0.05) is 5.38 Å². The number of hydrogen-bond donors (Lipinski definition) is 1. The monoisotopic (exact) mass is 237 g/mol. The Balaban J connectivity index is 2.48. The van der Waals surface area contributed by atoms with Gasteiger partial charge in [0.1, 0.15) is 6.04 Å². The van der Waals surface area contributed by atoms with E-state index < -0.39 is 6.04 Å². The first-order valence-electron chi connectivity index (χ1n) is 5.31. The van der Waals surface area contributed by atoms with E-state index in [9.17, 15) is 4.79 Å². The Morgan fingerprint density at radius 2 is 2.44 bits per heavy atom. The number of nitriles is 1. The van der Waals surface area contributed by atoms with Crippen molar-refractivity contribution in [2.75, 3.05) is 0 Å². The number of carbonyl (C=O) groups is 1. The second kappa shape index (κ2) is 6.23. The molecule has 5 heteroatoms. The van der Waals surface area contributed by atoms with Gasteiger partial charge < -0.3 is 5.32 Å². The van der Waals surface area contributed by atoms with E-state index in [1.165, 1.54) is 0 Å². The van der Waals surface area contributed by atoms with Gasteiger partial charge in [0.15, 0.2) is 0 Å². The average Bonchev–Trinajstić information content (AvgIpc) is 2.73. The molecule has 1 aromatic heterocycles. The summed E-state index contributed by atoms with van der Waals surface area (Å²) in [4.78, 5) is 15.8. The molecule has 0 saturated carbocycles. The van der Waals surface area contributed by atoms with Crippen LogP contribution in [0.3, 0.4) is 0 Å². The van der Waals surface area contributed by atoms with Crippen molar-refractivity contribution in [1.82, 2.24) is 10.3 Å². The maximum absolute atomic E-state index is 11.5. The summed E-state index contributed by atoms with van der Waals surface area (Å²) in [6.45, 7) is 3.90. The second-order valence-corrected chi connectivity index (χ2v) is 4.36. The summed E-state index contributed by atoms with van der Waals surface area (Å²) in [6, 6.07) is 1.64. The van der Waals surface area contributed by atoms with Crippen molar-refractivity contribution in [3.05, 3.63) is 16.1 Å². The lowest BCUT2D eigenvalue weighted by molar-refractivity contribution is -0.120. The third kappa shape index (κ3) is 3.63. The minimum Gasteiger partial charge on any atom is -0.340 e. The van der Waals surface area contributed by atoms with E-state index >= 15 is 0 Å². The molecule has 0 aromatic carbocycles. The first-order valence-corrected chi connectivity index (χ1v) is 6.19. The van der Waals surface area contributed by atoms with E-state index in [0.717, 1.165) is 17.1 Å². The molecule has 0 aliphatic carbocycles. The number of carbonyl (C=O) groups excluding carboxylic acids is 1. The largest absolute Gasteiger partial charge is 0.340 e. The summed E-state index contributed by atoms with van der Waals surface area (Å²) in [7, 11) is 0. The molecule has 0 unspecified atom stereocenters. The number of hydrogen-bond acceptors (Lipinski definition) is 4. The van der Waals surface area contributed by atoms with Crippen LogP contribution < -0.4 is 5.32 Å². The van der Waals surface area contributed by atoms with E-state index in [2.05, 4.69) is 10.3 Å². The van der Waals surface area contributed by atoms with Gasteiger partial charge in [-0.25, -0.2) is 4.98 Å². The minimum absolute atomic E-state index is 0.138. The molecule has 86 valence electrons. The molecule has 0 aliphatic rings. The number of rotatable bonds is 5. The quantitative estimate of drug-likeness (QED) is 0.847. The summed E-state index contributed by atoms with van der Waals surface area (Å²) in [6.07, 6.45) is 1.77. The molecule has 0 radical (unpaired) electrons. The van der Waals surface area contributed by atoms with Gasteiger partial charge in [-0.15, -0.1) is 11.3 Å². The molecule has 1 amide bonds. The number of aryl methyl sites for hydroxylation is 1. The van der Waals surface area contributed by atoms with Gasteiger partial charge in [0.2, 0.25) is 5.91 Å². The molecule has 0 spiro atoms. The van der Waals surface area contributed by atoms with Crippen LogP contribution in [0.4, 0.5) is 0 Å². The average molecular weight is 237 g/mol. The number of thiazole rings is 1. The molecule has 4 nitrogen and oxygen atoms in total. The summed E-state index contributed by atoms with van der Waals surface area (Å²) in [5, 5.41) is 14.3. The maximum Gasteiger partial charge on any atom is 0.227 e. The lowest BCUT2D eigenvalue weighted by Crippen LogP contribution is -2.34. The molecule has 0 aliphatic heterocycles. The summed E-state index contributed by atoms with van der Waals surface area (Å²) in [5.41, 5.74) is 0.784. The fraction of sp³-hybridized carbons (Fsp3) is 0.545. The van der Waals surface area contributed by atoms with Crippen molar-refractivity contribution in [2.24, 2.45) is 0 Å². The molecule has 1 N–H and O–H groups in total. The Morgan fingerprint density at radius 3 is 2.94 bits per heavy atom. The van der Waals surface area contributed by atoms with E-state index in [4.69, 9.17) is 5.26 Å². The van der Waals surface area contributed by atoms with Crippen molar-refractivity contribution in [3.63, 3.8) is 0 Å². The molecule has 0 fully saturated rings. The zero-order valence-corrected chi connectivity index (χ0v) is 10.3. The maximum atomic E-state index is 11.5. The van der Waals surface area contributed by atoms with Gasteiger partial charge in [0.05, 0.1) is 23.2 Å². The highest BCUT2D eigenvalue weighted by Crippen LogP contribution is 2.10. The number of amides is 1. The van der Waals surface area contributed by atoms with Crippen LogP contribution in [-0.4, -0.2) is 16.9 Å². The van der Waals surface area contributed by atoms with Gasteiger partial charge in [-0.1, -0.05) is 13.8 Å². The van der Waals surface area contributed by atoms with Gasteiger partial charge in [-0.2, -0.15) is 5.26 Å². The SMILES string of the molecule is CCc1nc(CC(=O)N[C@H](C#N)CC)cs1. The summed E-state index contributed by atoms with van der Waals surface area (Å²) >= 11 is 1.57. The van der Waals surface area contributed by atoms with E-state index in [0.29, 0.717) is 6.42 Å². The zero-order valence-electron chi connectivity index (χ0n) is 9.49. The number of nitrogens with one attached hydrogen (secondary N) is 1. The van der Waals surface area contributed by atoms with Crippen molar-refractivity contribution < 1.29 is 4.79 Å². The van der Waals surface area contributed by atoms with Crippen molar-refractivity contribution in [2.45, 2.75) is 39.2 Å². The third-order valence-electron chi connectivity index (χ3n) is 2.14. The summed E-state index contributed by atoms with van der Waals surface area (Å²) in [5.74, 6) is -0.138. The number of aromatic nitrogens is 1. The van der Waals surface area contributed by atoms with E-state index in [-0.39, 0.29) is 12.3 Å². The zero-order chi connectivity index (χ0) is 12.0. The van der Waals surface area contributed by atoms with Gasteiger partial charge >= 0.3 is 0 Å². The molecule has 1 heterocycles. The van der Waals surface area contributed by atoms with Crippen molar-refractivity contribution in [3.8, 4) is 6.07 Å². The molecule has 0 bridgehead atoms. The standard InChI is InChI=1S/C11H15N3OS/c1-3-8(6-12)13-10(15)5-9-7-16-11(4-2)14-9/h7-8H,3-5H2,1-2H3,(H,13,15)/t8-/m0/s1.